The van der Waals surface area contributed by atoms with Crippen LogP contribution in [-0.2, 0) is 4.79 Å². The van der Waals surface area contributed by atoms with Crippen LogP contribution in [0.5, 0.6) is 0 Å². The number of hydrogen-bond donors (Lipinski definition) is 4. The number of pyridine rings is 1. The summed E-state index contributed by atoms with van der Waals surface area (Å²) in [4.78, 5) is 25.2. The Kier molecular flexibility index (Phi) is 4.60. The minimum Gasteiger partial charge on any atom is -0.478 e. The first-order valence-corrected chi connectivity index (χ1v) is 5.24. The second-order valence-electron chi connectivity index (χ2n) is 3.58. The molecule has 0 spiro atoms. The third kappa shape index (κ3) is 3.39. The summed E-state index contributed by atoms with van der Waals surface area (Å²) in [5, 5.41) is 28.1. The lowest BCUT2D eigenvalue weighted by molar-refractivity contribution is -0.121. The molecular formula is C10H11ClN2O5. The van der Waals surface area contributed by atoms with E-state index in [1.54, 1.807) is 0 Å². The third-order valence-corrected chi connectivity index (χ3v) is 2.43. The normalized spacial score (nSPS) is 13.9. The Morgan fingerprint density at radius 2 is 2.06 bits per heavy atom. The Labute approximate surface area is 107 Å². The van der Waals surface area contributed by atoms with Gasteiger partial charge in [-0.1, -0.05) is 11.6 Å². The smallest absolute Gasteiger partial charge is 0.336 e. The monoisotopic (exact) mass is 274 g/mol. The molecule has 1 aromatic heterocycles. The van der Waals surface area contributed by atoms with Crippen LogP contribution in [0.1, 0.15) is 28.4 Å². The minimum atomic E-state index is -1.59. The number of rotatable bonds is 5. The molecule has 2 unspecified atom stereocenters. The predicted octanol–water partition coefficient (Wildman–Crippen LogP) is -0.297. The summed E-state index contributed by atoms with van der Waals surface area (Å²) in [7, 11) is 0. The van der Waals surface area contributed by atoms with Gasteiger partial charge in [-0.05, 0) is 6.07 Å². The number of amides is 1. The Bertz CT molecular complexity index is 479. The SMILES string of the molecule is NC(=O)CC(O)C(O)c1cnc(Cl)cc1C(=O)O. The highest BCUT2D eigenvalue weighted by Gasteiger charge is 2.25. The number of halogens is 1. The van der Waals surface area contributed by atoms with Gasteiger partial charge in [-0.15, -0.1) is 0 Å². The van der Waals surface area contributed by atoms with Crippen LogP contribution in [0.4, 0.5) is 0 Å². The molecule has 7 nitrogen and oxygen atoms in total. The van der Waals surface area contributed by atoms with E-state index < -0.39 is 30.5 Å². The maximum absolute atomic E-state index is 11.0. The van der Waals surface area contributed by atoms with E-state index in [0.717, 1.165) is 12.3 Å². The van der Waals surface area contributed by atoms with Crippen LogP contribution in [0, 0.1) is 0 Å². The Hall–Kier alpha value is -1.70. The van der Waals surface area contributed by atoms with Crippen molar-refractivity contribution in [3.63, 3.8) is 0 Å². The number of aliphatic hydroxyl groups excluding tert-OH is 2. The van der Waals surface area contributed by atoms with E-state index >= 15 is 0 Å². The molecule has 0 fully saturated rings. The molecule has 1 heterocycles. The van der Waals surface area contributed by atoms with Gasteiger partial charge in [0.1, 0.15) is 11.3 Å². The molecule has 1 amide bonds. The molecule has 0 aromatic carbocycles. The van der Waals surface area contributed by atoms with Crippen LogP contribution in [0.3, 0.4) is 0 Å². The largest absolute Gasteiger partial charge is 0.478 e. The van der Waals surface area contributed by atoms with Crippen LogP contribution in [0.25, 0.3) is 0 Å². The van der Waals surface area contributed by atoms with Crippen LogP contribution in [0.15, 0.2) is 12.3 Å². The molecule has 0 saturated heterocycles. The van der Waals surface area contributed by atoms with Gasteiger partial charge in [-0.25, -0.2) is 9.78 Å². The van der Waals surface area contributed by atoms with Crippen molar-refractivity contribution >= 4 is 23.5 Å². The fourth-order valence-electron chi connectivity index (χ4n) is 1.39. The molecule has 1 rings (SSSR count). The van der Waals surface area contributed by atoms with E-state index in [9.17, 15) is 19.8 Å². The fraction of sp³-hybridized carbons (Fsp3) is 0.300. The molecule has 8 heteroatoms. The molecule has 0 aliphatic carbocycles. The molecule has 98 valence electrons. The number of carbonyl (C=O) groups excluding carboxylic acids is 1. The van der Waals surface area contributed by atoms with Crippen molar-refractivity contribution in [1.82, 2.24) is 4.98 Å². The van der Waals surface area contributed by atoms with Gasteiger partial charge in [-0.3, -0.25) is 4.79 Å². The number of aromatic nitrogens is 1. The van der Waals surface area contributed by atoms with Gasteiger partial charge < -0.3 is 21.1 Å². The van der Waals surface area contributed by atoms with Crippen molar-refractivity contribution in [3.05, 3.63) is 28.5 Å². The number of carboxylic acids is 1. The molecule has 18 heavy (non-hydrogen) atoms. The highest BCUT2D eigenvalue weighted by atomic mass is 35.5. The zero-order valence-corrected chi connectivity index (χ0v) is 9.83. The van der Waals surface area contributed by atoms with Gasteiger partial charge in [0.15, 0.2) is 0 Å². The molecule has 0 radical (unpaired) electrons. The molecule has 2 atom stereocenters. The number of nitrogens with zero attached hydrogens (tertiary/aromatic N) is 1. The van der Waals surface area contributed by atoms with Crippen molar-refractivity contribution in [1.29, 1.82) is 0 Å². The summed E-state index contributed by atoms with van der Waals surface area (Å²) in [6.45, 7) is 0. The molecule has 1 aromatic rings. The van der Waals surface area contributed by atoms with E-state index in [4.69, 9.17) is 22.4 Å². The number of primary amides is 1. The van der Waals surface area contributed by atoms with E-state index in [1.807, 2.05) is 0 Å². The summed E-state index contributed by atoms with van der Waals surface area (Å²) in [5.41, 5.74) is 4.43. The topological polar surface area (TPSA) is 134 Å². The quantitative estimate of drug-likeness (QED) is 0.545. The lowest BCUT2D eigenvalue weighted by Crippen LogP contribution is -2.26. The van der Waals surface area contributed by atoms with Gasteiger partial charge >= 0.3 is 5.97 Å². The minimum absolute atomic E-state index is 0.0623. The summed E-state index contributed by atoms with van der Waals surface area (Å²) in [6, 6.07) is 1.04. The number of carbonyl (C=O) groups is 2. The Morgan fingerprint density at radius 3 is 2.56 bits per heavy atom. The average molecular weight is 275 g/mol. The van der Waals surface area contributed by atoms with E-state index in [2.05, 4.69) is 4.98 Å². The third-order valence-electron chi connectivity index (χ3n) is 2.23. The summed E-state index contributed by atoms with van der Waals surface area (Å²) in [5.74, 6) is -2.15. The zero-order chi connectivity index (χ0) is 13.9. The van der Waals surface area contributed by atoms with Crippen LogP contribution in [-0.4, -0.2) is 38.3 Å². The molecule has 0 bridgehead atoms. The molecule has 0 saturated carbocycles. The fourth-order valence-corrected chi connectivity index (χ4v) is 1.54. The second-order valence-corrected chi connectivity index (χ2v) is 3.97. The highest BCUT2D eigenvalue weighted by Crippen LogP contribution is 2.24. The predicted molar refractivity (Wildman–Crippen MR) is 61.0 cm³/mol. The van der Waals surface area contributed by atoms with Crippen molar-refractivity contribution < 1.29 is 24.9 Å². The Balaban J connectivity index is 3.08. The second kappa shape index (κ2) is 5.76. The van der Waals surface area contributed by atoms with Gasteiger partial charge in [-0.2, -0.15) is 0 Å². The van der Waals surface area contributed by atoms with Crippen LogP contribution in [0.2, 0.25) is 5.15 Å². The first-order chi connectivity index (χ1) is 8.32. The van der Waals surface area contributed by atoms with Crippen molar-refractivity contribution in [2.45, 2.75) is 18.6 Å². The lowest BCUT2D eigenvalue weighted by atomic mass is 9.99. The summed E-state index contributed by atoms with van der Waals surface area (Å²) >= 11 is 5.54. The number of aliphatic hydroxyl groups is 2. The standard InChI is InChI=1S/C10H11ClN2O5/c11-7-1-4(10(17)18)5(3-13-7)9(16)6(14)2-8(12)15/h1,3,6,9,14,16H,2H2,(H2,12,15)(H,17,18). The van der Waals surface area contributed by atoms with Gasteiger partial charge in [0.25, 0.3) is 0 Å². The Morgan fingerprint density at radius 1 is 1.44 bits per heavy atom. The van der Waals surface area contributed by atoms with Crippen LogP contribution < -0.4 is 5.73 Å². The summed E-state index contributed by atoms with van der Waals surface area (Å²) in [6.07, 6.45) is -2.57. The number of hydrogen-bond acceptors (Lipinski definition) is 5. The maximum Gasteiger partial charge on any atom is 0.336 e. The van der Waals surface area contributed by atoms with Crippen LogP contribution >= 0.6 is 11.6 Å². The first kappa shape index (κ1) is 14.4. The van der Waals surface area contributed by atoms with Gasteiger partial charge in [0.05, 0.1) is 18.1 Å². The first-order valence-electron chi connectivity index (χ1n) is 4.86. The van der Waals surface area contributed by atoms with Crippen molar-refractivity contribution in [2.24, 2.45) is 5.73 Å². The lowest BCUT2D eigenvalue weighted by Gasteiger charge is -2.18. The molecule has 0 aliphatic rings. The zero-order valence-electron chi connectivity index (χ0n) is 9.08. The van der Waals surface area contributed by atoms with E-state index in [1.165, 1.54) is 0 Å². The molecule has 0 aliphatic heterocycles. The van der Waals surface area contributed by atoms with E-state index in [0.29, 0.717) is 0 Å². The average Bonchev–Trinajstić information content (AvgIpc) is 2.26. The maximum atomic E-state index is 11.0. The van der Waals surface area contributed by atoms with E-state index in [-0.39, 0.29) is 16.3 Å². The molecular weight excluding hydrogens is 264 g/mol. The summed E-state index contributed by atoms with van der Waals surface area (Å²) < 4.78 is 0. The van der Waals surface area contributed by atoms with Gasteiger partial charge in [0, 0.05) is 11.8 Å². The van der Waals surface area contributed by atoms with Gasteiger partial charge in [0.2, 0.25) is 5.91 Å². The number of nitrogens with two attached hydrogens (primary N) is 1. The van der Waals surface area contributed by atoms with Crippen molar-refractivity contribution in [3.8, 4) is 0 Å². The highest BCUT2D eigenvalue weighted by molar-refractivity contribution is 6.29. The number of aromatic carboxylic acids is 1. The molecule has 5 N–H and O–H groups in total. The van der Waals surface area contributed by atoms with Crippen molar-refractivity contribution in [2.75, 3.05) is 0 Å². The number of carboxylic acid groups (broad SMARTS) is 1.